The van der Waals surface area contributed by atoms with Crippen molar-refractivity contribution in [1.29, 1.82) is 0 Å². The Balaban J connectivity index is 1.60. The molecular weight excluding hydrogens is 344 g/mol. The molecule has 1 N–H and O–H groups in total. The van der Waals surface area contributed by atoms with Crippen molar-refractivity contribution in [3.05, 3.63) is 23.8 Å². The third kappa shape index (κ3) is 8.05. The maximum atomic E-state index is 9.63. The summed E-state index contributed by atoms with van der Waals surface area (Å²) in [7, 11) is 0. The summed E-state index contributed by atoms with van der Waals surface area (Å²) in [5.74, 6) is 3.86. The van der Waals surface area contributed by atoms with Crippen LogP contribution in [0.3, 0.4) is 0 Å². The van der Waals surface area contributed by atoms with Crippen molar-refractivity contribution < 1.29 is 9.84 Å². The fourth-order valence-corrected chi connectivity index (χ4v) is 4.55. The van der Waals surface area contributed by atoms with E-state index in [0.717, 1.165) is 48.3 Å². The highest BCUT2D eigenvalue weighted by Crippen LogP contribution is 2.37. The van der Waals surface area contributed by atoms with Crippen molar-refractivity contribution in [3.63, 3.8) is 0 Å². The lowest BCUT2D eigenvalue weighted by Crippen LogP contribution is -2.36. The van der Waals surface area contributed by atoms with E-state index in [0.29, 0.717) is 5.75 Å². The van der Waals surface area contributed by atoms with Crippen LogP contribution >= 0.6 is 0 Å². The standard InChI is InChI=1S/C26H44O2/c1-20(2)9-6-10-21(3)11-7-12-22(4)13-8-17-26(5)18-16-23-19-24(27)14-15-25(23)28-26/h14-15,19-22,27H,6-13,16-18H2,1-5H3/t21-,22-,26?/m1/s1. The summed E-state index contributed by atoms with van der Waals surface area (Å²) in [6.07, 6.45) is 14.1. The molecule has 0 aromatic heterocycles. The first-order chi connectivity index (χ1) is 13.3. The number of benzene rings is 1. The molecule has 0 fully saturated rings. The number of ether oxygens (including phenoxy) is 1. The first kappa shape index (κ1) is 23.1. The molecule has 0 bridgehead atoms. The third-order valence-electron chi connectivity index (χ3n) is 6.60. The molecule has 2 rings (SSSR count). The normalized spacial score (nSPS) is 21.2. The number of rotatable bonds is 12. The maximum Gasteiger partial charge on any atom is 0.123 e. The Morgan fingerprint density at radius 3 is 2.18 bits per heavy atom. The zero-order chi connectivity index (χ0) is 20.6. The monoisotopic (exact) mass is 388 g/mol. The van der Waals surface area contributed by atoms with Crippen LogP contribution in [0.4, 0.5) is 0 Å². The minimum Gasteiger partial charge on any atom is -0.508 e. The molecule has 28 heavy (non-hydrogen) atoms. The second-order valence-electron chi connectivity index (χ2n) is 10.2. The van der Waals surface area contributed by atoms with E-state index in [1.165, 1.54) is 51.4 Å². The molecule has 0 spiro atoms. The maximum absolute atomic E-state index is 9.63. The largest absolute Gasteiger partial charge is 0.508 e. The lowest BCUT2D eigenvalue weighted by atomic mass is 9.86. The van der Waals surface area contributed by atoms with Gasteiger partial charge in [-0.3, -0.25) is 0 Å². The summed E-state index contributed by atoms with van der Waals surface area (Å²) in [5, 5.41) is 9.63. The number of aryl methyl sites for hydroxylation is 1. The summed E-state index contributed by atoms with van der Waals surface area (Å²) in [4.78, 5) is 0. The van der Waals surface area contributed by atoms with Gasteiger partial charge in [0.2, 0.25) is 0 Å². The van der Waals surface area contributed by atoms with Crippen LogP contribution in [0.1, 0.15) is 104 Å². The van der Waals surface area contributed by atoms with Crippen LogP contribution in [-0.4, -0.2) is 10.7 Å². The van der Waals surface area contributed by atoms with E-state index >= 15 is 0 Å². The minimum absolute atomic E-state index is 0.0470. The average Bonchev–Trinajstić information content (AvgIpc) is 2.61. The van der Waals surface area contributed by atoms with Crippen molar-refractivity contribution in [2.45, 2.75) is 111 Å². The summed E-state index contributed by atoms with van der Waals surface area (Å²) < 4.78 is 6.31. The van der Waals surface area contributed by atoms with Gasteiger partial charge in [0.1, 0.15) is 17.1 Å². The van der Waals surface area contributed by atoms with Gasteiger partial charge >= 0.3 is 0 Å². The fourth-order valence-electron chi connectivity index (χ4n) is 4.55. The summed E-state index contributed by atoms with van der Waals surface area (Å²) in [6.45, 7) is 11.8. The molecule has 0 saturated heterocycles. The number of fused-ring (bicyclic) bond motifs is 1. The van der Waals surface area contributed by atoms with Crippen LogP contribution in [0.25, 0.3) is 0 Å². The van der Waals surface area contributed by atoms with Gasteiger partial charge in [0.25, 0.3) is 0 Å². The van der Waals surface area contributed by atoms with Gasteiger partial charge in [0.05, 0.1) is 0 Å². The molecule has 0 amide bonds. The van der Waals surface area contributed by atoms with Gasteiger partial charge in [-0.2, -0.15) is 0 Å². The fraction of sp³-hybridized carbons (Fsp3) is 0.769. The van der Waals surface area contributed by atoms with Gasteiger partial charge in [0, 0.05) is 0 Å². The second-order valence-corrected chi connectivity index (χ2v) is 10.2. The van der Waals surface area contributed by atoms with E-state index in [-0.39, 0.29) is 5.60 Å². The Morgan fingerprint density at radius 2 is 1.54 bits per heavy atom. The minimum atomic E-state index is -0.0470. The van der Waals surface area contributed by atoms with Crippen LogP contribution in [0, 0.1) is 17.8 Å². The van der Waals surface area contributed by atoms with Crippen molar-refractivity contribution >= 4 is 0 Å². The summed E-state index contributed by atoms with van der Waals surface area (Å²) in [5.41, 5.74) is 1.10. The van der Waals surface area contributed by atoms with Gasteiger partial charge in [-0.25, -0.2) is 0 Å². The molecule has 160 valence electrons. The number of aromatic hydroxyl groups is 1. The smallest absolute Gasteiger partial charge is 0.123 e. The van der Waals surface area contributed by atoms with Crippen LogP contribution in [0.2, 0.25) is 0 Å². The highest BCUT2D eigenvalue weighted by atomic mass is 16.5. The van der Waals surface area contributed by atoms with Gasteiger partial charge in [-0.05, 0) is 74.1 Å². The van der Waals surface area contributed by atoms with Crippen LogP contribution in [-0.2, 0) is 6.42 Å². The highest BCUT2D eigenvalue weighted by molar-refractivity contribution is 5.41. The summed E-state index contributed by atoms with van der Waals surface area (Å²) in [6, 6.07) is 5.50. The van der Waals surface area contributed by atoms with E-state index in [1.807, 2.05) is 12.1 Å². The van der Waals surface area contributed by atoms with E-state index < -0.39 is 0 Å². The quantitative estimate of drug-likeness (QED) is 0.394. The Morgan fingerprint density at radius 1 is 0.929 bits per heavy atom. The lowest BCUT2D eigenvalue weighted by Gasteiger charge is -2.36. The zero-order valence-corrected chi connectivity index (χ0v) is 19.1. The van der Waals surface area contributed by atoms with Gasteiger partial charge in [0.15, 0.2) is 0 Å². The van der Waals surface area contributed by atoms with Crippen molar-refractivity contribution in [3.8, 4) is 11.5 Å². The van der Waals surface area contributed by atoms with Crippen LogP contribution < -0.4 is 4.74 Å². The molecular formula is C26H44O2. The van der Waals surface area contributed by atoms with E-state index in [1.54, 1.807) is 6.07 Å². The molecule has 1 aliphatic rings. The number of phenolic OH excluding ortho intramolecular Hbond substituents is 1. The van der Waals surface area contributed by atoms with Crippen LogP contribution in [0.15, 0.2) is 18.2 Å². The molecule has 1 aromatic carbocycles. The van der Waals surface area contributed by atoms with Gasteiger partial charge < -0.3 is 9.84 Å². The molecule has 0 saturated carbocycles. The lowest BCUT2D eigenvalue weighted by molar-refractivity contribution is 0.0523. The van der Waals surface area contributed by atoms with Crippen molar-refractivity contribution in [2.24, 2.45) is 17.8 Å². The molecule has 0 radical (unpaired) electrons. The topological polar surface area (TPSA) is 29.5 Å². The molecule has 3 atom stereocenters. The Labute approximate surface area is 174 Å². The Kier molecular flexibility index (Phi) is 9.18. The van der Waals surface area contributed by atoms with Gasteiger partial charge in [-0.1, -0.05) is 72.6 Å². The Hall–Kier alpha value is -1.18. The second kappa shape index (κ2) is 11.1. The first-order valence-electron chi connectivity index (χ1n) is 11.8. The summed E-state index contributed by atoms with van der Waals surface area (Å²) >= 11 is 0. The van der Waals surface area contributed by atoms with Gasteiger partial charge in [-0.15, -0.1) is 0 Å². The van der Waals surface area contributed by atoms with E-state index in [9.17, 15) is 5.11 Å². The van der Waals surface area contributed by atoms with E-state index in [4.69, 9.17) is 4.74 Å². The average molecular weight is 389 g/mol. The zero-order valence-electron chi connectivity index (χ0n) is 19.1. The number of hydrogen-bond acceptors (Lipinski definition) is 2. The van der Waals surface area contributed by atoms with E-state index in [2.05, 4.69) is 34.6 Å². The number of hydrogen-bond donors (Lipinski definition) is 1. The third-order valence-corrected chi connectivity index (χ3v) is 6.60. The predicted molar refractivity (Wildman–Crippen MR) is 120 cm³/mol. The molecule has 1 aromatic rings. The molecule has 1 unspecified atom stereocenters. The molecule has 1 heterocycles. The van der Waals surface area contributed by atoms with Crippen LogP contribution in [0.5, 0.6) is 11.5 Å². The van der Waals surface area contributed by atoms with Crippen molar-refractivity contribution in [1.82, 2.24) is 0 Å². The number of phenols is 1. The van der Waals surface area contributed by atoms with Crippen molar-refractivity contribution in [2.75, 3.05) is 0 Å². The SMILES string of the molecule is CC(C)CCC[C@@H](C)CCC[C@@H](C)CCCC1(C)CCc2cc(O)ccc2O1. The first-order valence-corrected chi connectivity index (χ1v) is 11.8. The molecule has 2 nitrogen and oxygen atoms in total. The molecule has 0 aliphatic carbocycles. The predicted octanol–water partition coefficient (Wildman–Crippen LogP) is 7.92. The Bertz CT molecular complexity index is 580. The molecule has 1 aliphatic heterocycles. The molecule has 2 heteroatoms. The highest BCUT2D eigenvalue weighted by Gasteiger charge is 2.31.